The van der Waals surface area contributed by atoms with Crippen LogP contribution in [0.2, 0.25) is 52.4 Å². The van der Waals surface area contributed by atoms with Crippen LogP contribution in [0.4, 0.5) is 0 Å². The van der Waals surface area contributed by atoms with Crippen molar-refractivity contribution in [3.8, 4) is 0 Å². The van der Waals surface area contributed by atoms with Gasteiger partial charge in [-0.3, -0.25) is 0 Å². The van der Waals surface area contributed by atoms with Gasteiger partial charge in [0.2, 0.25) is 0 Å². The zero-order valence-electron chi connectivity index (χ0n) is 22.9. The van der Waals surface area contributed by atoms with Crippen molar-refractivity contribution in [1.82, 2.24) is 9.30 Å². The van der Waals surface area contributed by atoms with Crippen LogP contribution in [0.25, 0.3) is 0 Å². The molecule has 2 saturated carbocycles. The van der Waals surface area contributed by atoms with Crippen molar-refractivity contribution >= 4 is 48.8 Å². The molecule has 3 fully saturated rings. The highest BCUT2D eigenvalue weighted by Gasteiger charge is 2.43. The summed E-state index contributed by atoms with van der Waals surface area (Å²) in [5, 5.41) is 0. The molecular weight excluding hydrogens is 491 g/mol. The molecule has 32 heavy (non-hydrogen) atoms. The van der Waals surface area contributed by atoms with E-state index in [9.17, 15) is 0 Å². The monoisotopic (exact) mass is 546 g/mol. The Bertz CT molecular complexity index is 519. The first kappa shape index (κ1) is 28.2. The zero-order valence-corrected chi connectivity index (χ0v) is 28.7. The van der Waals surface area contributed by atoms with Crippen LogP contribution < -0.4 is 9.30 Å². The molecule has 1 saturated heterocycles. The fourth-order valence-electron chi connectivity index (χ4n) is 7.54. The molecule has 0 atom stereocenters. The Hall–Kier alpha value is 1.65. The van der Waals surface area contributed by atoms with Gasteiger partial charge in [-0.25, -0.2) is 0 Å². The third kappa shape index (κ3) is 8.94. The van der Waals surface area contributed by atoms with Crippen LogP contribution in [-0.2, 0) is 0 Å². The Balaban J connectivity index is 1.87. The molecule has 3 aliphatic rings. The molecule has 1 heterocycles. The normalized spacial score (nSPS) is 34.9. The van der Waals surface area contributed by atoms with E-state index in [0.717, 1.165) is 11.3 Å². The van der Waals surface area contributed by atoms with Gasteiger partial charge in [0.25, 0.3) is 0 Å². The molecule has 8 heteroatoms. The Labute approximate surface area is 208 Å². The standard InChI is InChI=1S/C24H56N2P2Si4/c1-29(2)19-27(23-15-11-9-12-16-23)20-31(5,6)26-32(7,8)22-28(21-30(3,4)25-29)24-17-13-10-14-18-24/h23-26H,9-22H2,1-8H3. The molecule has 0 radical (unpaired) electrons. The van der Waals surface area contributed by atoms with E-state index in [-0.39, 0.29) is 15.8 Å². The predicted molar refractivity (Wildman–Crippen MR) is 163 cm³/mol. The molecule has 3 rings (SSSR count). The number of rotatable bonds is 2. The second-order valence-electron chi connectivity index (χ2n) is 14.2. The molecule has 0 bridgehead atoms. The minimum Gasteiger partial charge on any atom is -0.359 e. The SMILES string of the molecule is C[Si]1(C)CP(C2CCCCC2)C[Si](C)(C)N[Si](C)(C)CP(C2CCCCC2)C[Si](C)(C)N1. The lowest BCUT2D eigenvalue weighted by molar-refractivity contribution is 0.511. The van der Waals surface area contributed by atoms with E-state index in [1.807, 2.05) is 0 Å². The molecule has 0 aromatic rings. The van der Waals surface area contributed by atoms with Crippen molar-refractivity contribution in [3.05, 3.63) is 0 Å². The first-order valence-corrected chi connectivity index (χ1v) is 30.2. The van der Waals surface area contributed by atoms with Gasteiger partial charge in [-0.15, -0.1) is 15.8 Å². The summed E-state index contributed by atoms with van der Waals surface area (Å²) in [7, 11) is -5.11. The fourth-order valence-corrected chi connectivity index (χ4v) is 51.8. The first-order chi connectivity index (χ1) is 14.8. The average Bonchev–Trinajstić information content (AvgIpc) is 2.65. The largest absolute Gasteiger partial charge is 0.359 e. The minimum absolute atomic E-state index is 0.183. The van der Waals surface area contributed by atoms with Crippen LogP contribution in [0.15, 0.2) is 0 Å². The van der Waals surface area contributed by atoms with Crippen LogP contribution >= 0.6 is 15.8 Å². The van der Waals surface area contributed by atoms with E-state index in [0.29, 0.717) is 0 Å². The van der Waals surface area contributed by atoms with Gasteiger partial charge in [0.15, 0.2) is 0 Å². The van der Waals surface area contributed by atoms with E-state index in [1.54, 1.807) is 48.8 Å². The highest BCUT2D eigenvalue weighted by molar-refractivity contribution is 7.65. The number of nitrogens with one attached hydrogen (secondary N) is 2. The van der Waals surface area contributed by atoms with Crippen LogP contribution in [0.3, 0.4) is 0 Å². The topological polar surface area (TPSA) is 24.1 Å². The Morgan fingerprint density at radius 3 is 0.938 bits per heavy atom. The zero-order chi connectivity index (χ0) is 23.6. The summed E-state index contributed by atoms with van der Waals surface area (Å²) in [4.78, 5) is 0. The molecule has 2 nitrogen and oxygen atoms in total. The van der Waals surface area contributed by atoms with Gasteiger partial charge >= 0.3 is 0 Å². The fraction of sp³-hybridized carbons (Fsp3) is 1.00. The van der Waals surface area contributed by atoms with Crippen molar-refractivity contribution in [3.63, 3.8) is 0 Å². The first-order valence-electron chi connectivity index (χ1n) is 13.8. The van der Waals surface area contributed by atoms with Crippen LogP contribution in [0, 0.1) is 0 Å². The van der Waals surface area contributed by atoms with Crippen molar-refractivity contribution in [2.45, 2.75) is 128 Å². The second-order valence-corrected chi connectivity index (χ2v) is 40.1. The van der Waals surface area contributed by atoms with Gasteiger partial charge in [-0.05, 0) is 60.1 Å². The highest BCUT2D eigenvalue weighted by atomic mass is 31.1. The lowest BCUT2D eigenvalue weighted by Crippen LogP contribution is -2.66. The molecule has 0 amide bonds. The van der Waals surface area contributed by atoms with Gasteiger partial charge in [-0.1, -0.05) is 90.9 Å². The molecule has 1 aliphatic heterocycles. The van der Waals surface area contributed by atoms with Crippen molar-refractivity contribution < 1.29 is 0 Å². The van der Waals surface area contributed by atoms with Crippen LogP contribution in [0.1, 0.15) is 64.2 Å². The van der Waals surface area contributed by atoms with E-state index in [1.165, 1.54) is 38.5 Å². The molecule has 0 spiro atoms. The average molecular weight is 547 g/mol. The van der Waals surface area contributed by atoms with Gasteiger partial charge in [0.1, 0.15) is 32.9 Å². The maximum atomic E-state index is 4.56. The Morgan fingerprint density at radius 2 is 0.688 bits per heavy atom. The molecule has 2 aliphatic carbocycles. The summed E-state index contributed by atoms with van der Waals surface area (Å²) in [6.07, 6.45) is 15.3. The quantitative estimate of drug-likeness (QED) is 0.273. The van der Waals surface area contributed by atoms with E-state index >= 15 is 0 Å². The molecule has 0 unspecified atom stereocenters. The minimum atomic E-state index is -1.37. The molecular formula is C24H56N2P2Si4. The van der Waals surface area contributed by atoms with Gasteiger partial charge < -0.3 is 9.30 Å². The summed E-state index contributed by atoms with van der Waals surface area (Å²) in [6.45, 7) is 21.7. The Kier molecular flexibility index (Phi) is 10.0. The van der Waals surface area contributed by atoms with Crippen molar-refractivity contribution in [1.29, 1.82) is 0 Å². The lowest BCUT2D eigenvalue weighted by Gasteiger charge is -2.47. The summed E-state index contributed by atoms with van der Waals surface area (Å²) >= 11 is 0. The van der Waals surface area contributed by atoms with Crippen LogP contribution in [-0.4, -0.2) is 67.4 Å². The molecule has 2 N–H and O–H groups in total. The third-order valence-corrected chi connectivity index (χ3v) is 41.0. The summed E-state index contributed by atoms with van der Waals surface area (Å²) in [6, 6.07) is 0. The maximum absolute atomic E-state index is 4.56. The van der Waals surface area contributed by atoms with E-state index < -0.39 is 32.9 Å². The summed E-state index contributed by atoms with van der Waals surface area (Å²) in [5.41, 5.74) is 2.16. The van der Waals surface area contributed by atoms with Gasteiger partial charge in [0, 0.05) is 0 Å². The smallest absolute Gasteiger partial charge is 0.117 e. The van der Waals surface area contributed by atoms with Gasteiger partial charge in [-0.2, -0.15) is 0 Å². The maximum Gasteiger partial charge on any atom is 0.117 e. The van der Waals surface area contributed by atoms with Crippen LogP contribution in [0.5, 0.6) is 0 Å². The molecule has 0 aromatic carbocycles. The van der Waals surface area contributed by atoms with Crippen molar-refractivity contribution in [2.24, 2.45) is 0 Å². The highest BCUT2D eigenvalue weighted by Crippen LogP contribution is 2.53. The summed E-state index contributed by atoms with van der Waals surface area (Å²) in [5.74, 6) is 6.41. The molecule has 188 valence electrons. The second kappa shape index (κ2) is 11.4. The predicted octanol–water partition coefficient (Wildman–Crippen LogP) is 7.79. The van der Waals surface area contributed by atoms with E-state index in [2.05, 4.69) is 61.7 Å². The lowest BCUT2D eigenvalue weighted by atomic mass is 10.0. The van der Waals surface area contributed by atoms with Crippen molar-refractivity contribution in [2.75, 3.05) is 23.1 Å². The number of hydrogen-bond acceptors (Lipinski definition) is 2. The Morgan fingerprint density at radius 1 is 0.438 bits per heavy atom. The third-order valence-electron chi connectivity index (χ3n) is 7.93. The van der Waals surface area contributed by atoms with Gasteiger partial charge in [0.05, 0.1) is 0 Å². The summed E-state index contributed by atoms with van der Waals surface area (Å²) < 4.78 is 9.13. The van der Waals surface area contributed by atoms with E-state index in [4.69, 9.17) is 0 Å². The molecule has 0 aromatic heterocycles. The number of hydrogen-bond donors (Lipinski definition) is 2.